The zero-order valence-corrected chi connectivity index (χ0v) is 17.1. The van der Waals surface area contributed by atoms with Gasteiger partial charge in [0.05, 0.1) is 11.6 Å². The first-order valence-corrected chi connectivity index (χ1v) is 10.0. The zero-order chi connectivity index (χ0) is 20.1. The molecule has 4 aromatic heterocycles. The van der Waals surface area contributed by atoms with E-state index in [-0.39, 0.29) is 0 Å². The zero-order valence-electron chi connectivity index (χ0n) is 17.1. The van der Waals surface area contributed by atoms with Crippen molar-refractivity contribution in [1.82, 2.24) is 29.5 Å². The van der Waals surface area contributed by atoms with Gasteiger partial charge in [0.25, 0.3) is 0 Å². The molecule has 5 rings (SSSR count). The molecule has 8 nitrogen and oxygen atoms in total. The topological polar surface area (TPSA) is 93.5 Å². The summed E-state index contributed by atoms with van der Waals surface area (Å²) >= 11 is 0. The molecule has 1 fully saturated rings. The molecule has 0 amide bonds. The molecule has 4 aromatic rings. The maximum Gasteiger partial charge on any atom is 0.224 e. The SMILES string of the molecule is CO[C@H]1C[C@@H](Nc2ncc3c(-c4cnc5nc(C)n(C(C)C)c5c4)c[nH]c3n2)C1. The predicted molar refractivity (Wildman–Crippen MR) is 113 cm³/mol. The Kier molecular flexibility index (Phi) is 4.24. The summed E-state index contributed by atoms with van der Waals surface area (Å²) < 4.78 is 7.55. The van der Waals surface area contributed by atoms with Gasteiger partial charge in [0.2, 0.25) is 5.95 Å². The van der Waals surface area contributed by atoms with E-state index in [2.05, 4.69) is 54.7 Å². The van der Waals surface area contributed by atoms with Crippen LogP contribution >= 0.6 is 0 Å². The Bertz CT molecular complexity index is 1190. The largest absolute Gasteiger partial charge is 0.381 e. The molecule has 1 aliphatic carbocycles. The van der Waals surface area contributed by atoms with Gasteiger partial charge in [-0.3, -0.25) is 0 Å². The van der Waals surface area contributed by atoms with Gasteiger partial charge in [-0.1, -0.05) is 0 Å². The minimum Gasteiger partial charge on any atom is -0.381 e. The molecule has 1 aliphatic rings. The number of fused-ring (bicyclic) bond motifs is 2. The number of anilines is 1. The Hall–Kier alpha value is -3.00. The van der Waals surface area contributed by atoms with Crippen LogP contribution in [0.5, 0.6) is 0 Å². The van der Waals surface area contributed by atoms with Gasteiger partial charge in [-0.05, 0) is 39.7 Å². The summed E-state index contributed by atoms with van der Waals surface area (Å²) in [6.07, 6.45) is 8.04. The minimum atomic E-state index is 0.321. The maximum atomic E-state index is 5.33. The molecule has 4 heterocycles. The van der Waals surface area contributed by atoms with Crippen LogP contribution in [0.3, 0.4) is 0 Å². The first-order valence-electron chi connectivity index (χ1n) is 10.0. The maximum absolute atomic E-state index is 5.33. The van der Waals surface area contributed by atoms with E-state index in [9.17, 15) is 0 Å². The average Bonchev–Trinajstić information content (AvgIpc) is 3.23. The molecule has 0 spiro atoms. The summed E-state index contributed by atoms with van der Waals surface area (Å²) in [5.41, 5.74) is 4.70. The Morgan fingerprint density at radius 1 is 1.21 bits per heavy atom. The number of rotatable bonds is 5. The van der Waals surface area contributed by atoms with Gasteiger partial charge in [0.1, 0.15) is 11.5 Å². The van der Waals surface area contributed by atoms with Crippen LogP contribution in [-0.4, -0.2) is 48.7 Å². The minimum absolute atomic E-state index is 0.321. The van der Waals surface area contributed by atoms with Crippen molar-refractivity contribution in [3.63, 3.8) is 0 Å². The molecule has 2 N–H and O–H groups in total. The molecular formula is C21H25N7O. The normalized spacial score (nSPS) is 19.2. The van der Waals surface area contributed by atoms with Crippen molar-refractivity contribution < 1.29 is 4.74 Å². The number of nitrogens with one attached hydrogen (secondary N) is 2. The number of hydrogen-bond acceptors (Lipinski definition) is 6. The standard InChI is InChI=1S/C21H25N7O/c1-11(2)28-12(3)25-20-18(28)5-13(8-22-20)16-9-23-19-17(16)10-24-21(27-19)26-14-6-15(7-14)29-4/h5,8-11,14-15H,6-7H2,1-4H3,(H2,23,24,26,27)/t14-,15+. The summed E-state index contributed by atoms with van der Waals surface area (Å²) in [5.74, 6) is 1.62. The van der Waals surface area contributed by atoms with E-state index in [0.717, 1.165) is 52.0 Å². The lowest BCUT2D eigenvalue weighted by Gasteiger charge is -2.34. The van der Waals surface area contributed by atoms with Gasteiger partial charge >= 0.3 is 0 Å². The Morgan fingerprint density at radius 3 is 2.79 bits per heavy atom. The van der Waals surface area contributed by atoms with Crippen LogP contribution in [-0.2, 0) is 4.74 Å². The number of imidazole rings is 1. The number of H-pyrrole nitrogens is 1. The van der Waals surface area contributed by atoms with Crippen molar-refractivity contribution in [2.24, 2.45) is 0 Å². The van der Waals surface area contributed by atoms with Crippen LogP contribution in [0.25, 0.3) is 33.3 Å². The van der Waals surface area contributed by atoms with Crippen molar-refractivity contribution in [2.75, 3.05) is 12.4 Å². The van der Waals surface area contributed by atoms with Crippen LogP contribution in [0.4, 0.5) is 5.95 Å². The van der Waals surface area contributed by atoms with Crippen LogP contribution < -0.4 is 5.32 Å². The molecule has 0 radical (unpaired) electrons. The van der Waals surface area contributed by atoms with Crippen molar-refractivity contribution >= 4 is 28.1 Å². The fourth-order valence-electron chi connectivity index (χ4n) is 4.16. The molecule has 0 saturated heterocycles. The van der Waals surface area contributed by atoms with Gasteiger partial charge in [0.15, 0.2) is 5.65 Å². The first kappa shape index (κ1) is 18.1. The number of aromatic nitrogens is 6. The second-order valence-corrected chi connectivity index (χ2v) is 8.02. The summed E-state index contributed by atoms with van der Waals surface area (Å²) in [6, 6.07) is 2.84. The highest BCUT2D eigenvalue weighted by Crippen LogP contribution is 2.31. The van der Waals surface area contributed by atoms with Gasteiger partial charge in [0, 0.05) is 54.3 Å². The fraction of sp³-hybridized carbons (Fsp3) is 0.429. The van der Waals surface area contributed by atoms with Crippen LogP contribution in [0, 0.1) is 6.92 Å². The van der Waals surface area contributed by atoms with Crippen molar-refractivity contribution in [1.29, 1.82) is 0 Å². The van der Waals surface area contributed by atoms with E-state index < -0.39 is 0 Å². The van der Waals surface area contributed by atoms with E-state index in [4.69, 9.17) is 4.74 Å². The molecule has 0 aromatic carbocycles. The number of ether oxygens (including phenoxy) is 1. The summed E-state index contributed by atoms with van der Waals surface area (Å²) in [6.45, 7) is 6.34. The molecule has 0 aliphatic heterocycles. The molecule has 150 valence electrons. The Labute approximate surface area is 168 Å². The lowest BCUT2D eigenvalue weighted by Crippen LogP contribution is -2.40. The second-order valence-electron chi connectivity index (χ2n) is 8.02. The highest BCUT2D eigenvalue weighted by Gasteiger charge is 2.29. The summed E-state index contributed by atoms with van der Waals surface area (Å²) in [5, 5.41) is 4.36. The third-order valence-corrected chi connectivity index (χ3v) is 5.74. The molecule has 1 saturated carbocycles. The quantitative estimate of drug-likeness (QED) is 0.537. The van der Waals surface area contributed by atoms with Gasteiger partial charge in [-0.2, -0.15) is 4.98 Å². The number of hydrogen-bond donors (Lipinski definition) is 2. The van der Waals surface area contributed by atoms with E-state index in [1.165, 1.54) is 0 Å². The lowest BCUT2D eigenvalue weighted by atomic mass is 9.89. The van der Waals surface area contributed by atoms with Crippen LogP contribution in [0.15, 0.2) is 24.7 Å². The summed E-state index contributed by atoms with van der Waals surface area (Å²) in [4.78, 5) is 21.6. The highest BCUT2D eigenvalue weighted by atomic mass is 16.5. The van der Waals surface area contributed by atoms with Crippen molar-refractivity contribution in [3.8, 4) is 11.1 Å². The van der Waals surface area contributed by atoms with Crippen molar-refractivity contribution in [3.05, 3.63) is 30.5 Å². The summed E-state index contributed by atoms with van der Waals surface area (Å²) in [7, 11) is 1.76. The highest BCUT2D eigenvalue weighted by molar-refractivity contribution is 5.95. The molecule has 0 atom stereocenters. The molecular weight excluding hydrogens is 366 g/mol. The van der Waals surface area contributed by atoms with E-state index in [1.807, 2.05) is 25.5 Å². The van der Waals surface area contributed by atoms with Gasteiger partial charge in [-0.25, -0.2) is 15.0 Å². The van der Waals surface area contributed by atoms with Gasteiger partial charge in [-0.15, -0.1) is 0 Å². The number of aryl methyl sites for hydroxylation is 1. The molecule has 0 unspecified atom stereocenters. The lowest BCUT2D eigenvalue weighted by molar-refractivity contribution is 0.0327. The molecule has 8 heteroatoms. The number of aromatic amines is 1. The third kappa shape index (κ3) is 3.04. The smallest absolute Gasteiger partial charge is 0.224 e. The van der Waals surface area contributed by atoms with Gasteiger partial charge < -0.3 is 19.6 Å². The Morgan fingerprint density at radius 2 is 2.03 bits per heavy atom. The van der Waals surface area contributed by atoms with E-state index in [1.54, 1.807) is 7.11 Å². The van der Waals surface area contributed by atoms with Crippen LogP contribution in [0.2, 0.25) is 0 Å². The van der Waals surface area contributed by atoms with E-state index in [0.29, 0.717) is 24.1 Å². The predicted octanol–water partition coefficient (Wildman–Crippen LogP) is 3.85. The van der Waals surface area contributed by atoms with Crippen molar-refractivity contribution in [2.45, 2.75) is 51.8 Å². The average molecular weight is 391 g/mol. The van der Waals surface area contributed by atoms with Crippen LogP contribution in [0.1, 0.15) is 38.6 Å². The third-order valence-electron chi connectivity index (χ3n) is 5.74. The number of pyridine rings is 1. The fourth-order valence-corrected chi connectivity index (χ4v) is 4.16. The number of methoxy groups -OCH3 is 1. The Balaban J connectivity index is 1.48. The number of nitrogens with zero attached hydrogens (tertiary/aromatic N) is 5. The monoisotopic (exact) mass is 391 g/mol. The molecule has 0 bridgehead atoms. The first-order chi connectivity index (χ1) is 14.0. The van der Waals surface area contributed by atoms with E-state index >= 15 is 0 Å². The second kappa shape index (κ2) is 6.81. The molecule has 29 heavy (non-hydrogen) atoms.